The van der Waals surface area contributed by atoms with Crippen molar-refractivity contribution in [3.8, 4) is 0 Å². The molecule has 1 fully saturated rings. The number of para-hydroxylation sites is 1. The van der Waals surface area contributed by atoms with E-state index in [9.17, 15) is 4.79 Å². The van der Waals surface area contributed by atoms with Gasteiger partial charge in [-0.15, -0.1) is 0 Å². The number of aryl methyl sites for hydroxylation is 1. The van der Waals surface area contributed by atoms with Gasteiger partial charge in [-0.2, -0.15) is 0 Å². The summed E-state index contributed by atoms with van der Waals surface area (Å²) in [7, 11) is 2.01. The Morgan fingerprint density at radius 2 is 1.96 bits per heavy atom. The minimum Gasteiger partial charge on any atom is -0.353 e. The van der Waals surface area contributed by atoms with Crippen molar-refractivity contribution >= 4 is 40.0 Å². The lowest BCUT2D eigenvalue weighted by atomic mass is 10.0. The van der Waals surface area contributed by atoms with Crippen LogP contribution in [0.25, 0.3) is 10.9 Å². The van der Waals surface area contributed by atoms with E-state index in [1.54, 1.807) is 6.07 Å². The smallest absolute Gasteiger partial charge is 0.242 e. The fourth-order valence-electron chi connectivity index (χ4n) is 3.69. The molecule has 2 heterocycles. The summed E-state index contributed by atoms with van der Waals surface area (Å²) in [5.41, 5.74) is 3.19. The molecule has 1 unspecified atom stereocenters. The number of rotatable bonds is 3. The highest BCUT2D eigenvalue weighted by Gasteiger charge is 2.33. The van der Waals surface area contributed by atoms with Gasteiger partial charge < -0.3 is 9.88 Å². The third-order valence-corrected chi connectivity index (χ3v) is 5.64. The van der Waals surface area contributed by atoms with Crippen LogP contribution in [0.3, 0.4) is 0 Å². The number of nitrogens with one attached hydrogen (secondary N) is 1. The van der Waals surface area contributed by atoms with Crippen molar-refractivity contribution in [1.29, 1.82) is 0 Å². The molecule has 0 aliphatic carbocycles. The highest BCUT2D eigenvalue weighted by molar-refractivity contribution is 6.42. The maximum absolute atomic E-state index is 12.8. The molecule has 6 heteroatoms. The van der Waals surface area contributed by atoms with Crippen LogP contribution >= 0.6 is 23.2 Å². The Morgan fingerprint density at radius 3 is 2.77 bits per heavy atom. The fraction of sp³-hybridized carbons (Fsp3) is 0.250. The largest absolute Gasteiger partial charge is 0.353 e. The number of nitrogens with zero attached hydrogens (tertiary/aromatic N) is 2. The number of halogens is 2. The van der Waals surface area contributed by atoms with Crippen LogP contribution in [0.1, 0.15) is 17.2 Å². The van der Waals surface area contributed by atoms with Crippen molar-refractivity contribution in [1.82, 2.24) is 14.8 Å². The Labute approximate surface area is 162 Å². The molecular weight excluding hydrogens is 369 g/mol. The van der Waals surface area contributed by atoms with Crippen molar-refractivity contribution in [2.75, 3.05) is 13.1 Å². The molecule has 1 aliphatic heterocycles. The first kappa shape index (κ1) is 17.4. The van der Waals surface area contributed by atoms with Crippen LogP contribution in [0.2, 0.25) is 10.0 Å². The molecule has 0 radical (unpaired) electrons. The van der Waals surface area contributed by atoms with Crippen molar-refractivity contribution < 1.29 is 4.79 Å². The predicted octanol–water partition coefficient (Wildman–Crippen LogP) is 4.16. The van der Waals surface area contributed by atoms with Gasteiger partial charge in [-0.05, 0) is 23.8 Å². The summed E-state index contributed by atoms with van der Waals surface area (Å²) in [4.78, 5) is 15.0. The lowest BCUT2D eigenvalue weighted by molar-refractivity contribution is -0.129. The van der Waals surface area contributed by atoms with Gasteiger partial charge in [-0.1, -0.05) is 47.5 Å². The molecule has 4 nitrogen and oxygen atoms in total. The van der Waals surface area contributed by atoms with Gasteiger partial charge in [0.05, 0.1) is 10.0 Å². The zero-order chi connectivity index (χ0) is 18.3. The Hall–Kier alpha value is -2.01. The lowest BCUT2D eigenvalue weighted by Crippen LogP contribution is -2.49. The standard InChI is InChI=1S/C20H19Cl2N3O/c1-24-12-15(14-4-2-3-5-18(14)24)19-20(26)23-8-9-25(19)11-13-6-7-16(21)17(22)10-13/h2-7,10,12,19H,8-9,11H2,1H3,(H,23,26). The number of hydrogen-bond acceptors (Lipinski definition) is 2. The lowest BCUT2D eigenvalue weighted by Gasteiger charge is -2.35. The van der Waals surface area contributed by atoms with Gasteiger partial charge in [0, 0.05) is 49.3 Å². The molecule has 26 heavy (non-hydrogen) atoms. The number of amides is 1. The SMILES string of the molecule is Cn1cc(C2C(=O)NCCN2Cc2ccc(Cl)c(Cl)c2)c2ccccc21. The first-order chi connectivity index (χ1) is 12.5. The molecule has 1 aromatic heterocycles. The summed E-state index contributed by atoms with van der Waals surface area (Å²) in [5, 5.41) is 5.19. The van der Waals surface area contributed by atoms with Gasteiger partial charge in [0.25, 0.3) is 0 Å². The number of aromatic nitrogens is 1. The summed E-state index contributed by atoms with van der Waals surface area (Å²) in [5.74, 6) is 0.0349. The molecule has 1 atom stereocenters. The zero-order valence-electron chi connectivity index (χ0n) is 14.4. The van der Waals surface area contributed by atoms with E-state index in [-0.39, 0.29) is 11.9 Å². The van der Waals surface area contributed by atoms with Gasteiger partial charge in [0.1, 0.15) is 6.04 Å². The topological polar surface area (TPSA) is 37.3 Å². The number of hydrogen-bond donors (Lipinski definition) is 1. The van der Waals surface area contributed by atoms with E-state index in [1.807, 2.05) is 31.3 Å². The quantitative estimate of drug-likeness (QED) is 0.732. The molecular formula is C20H19Cl2N3O. The highest BCUT2D eigenvalue weighted by Crippen LogP contribution is 2.33. The Balaban J connectivity index is 1.73. The molecule has 1 N–H and O–H groups in total. The number of piperazine rings is 1. The van der Waals surface area contributed by atoms with Crippen molar-refractivity contribution in [3.63, 3.8) is 0 Å². The molecule has 1 aliphatic rings. The maximum Gasteiger partial charge on any atom is 0.242 e. The van der Waals surface area contributed by atoms with Crippen LogP contribution < -0.4 is 5.32 Å². The molecule has 1 amide bonds. The molecule has 4 rings (SSSR count). The zero-order valence-corrected chi connectivity index (χ0v) is 15.9. The summed E-state index contributed by atoms with van der Waals surface area (Å²) in [6.07, 6.45) is 2.06. The molecule has 0 spiro atoms. The van der Waals surface area contributed by atoms with Gasteiger partial charge in [-0.25, -0.2) is 0 Å². The van der Waals surface area contributed by atoms with E-state index in [1.165, 1.54) is 0 Å². The Bertz CT molecular complexity index is 982. The number of carbonyl (C=O) groups excluding carboxylic acids is 1. The van der Waals surface area contributed by atoms with E-state index in [0.29, 0.717) is 23.1 Å². The van der Waals surface area contributed by atoms with Crippen LogP contribution in [0.5, 0.6) is 0 Å². The van der Waals surface area contributed by atoms with Crippen LogP contribution in [0.4, 0.5) is 0 Å². The summed E-state index contributed by atoms with van der Waals surface area (Å²) in [6, 6.07) is 13.5. The third-order valence-electron chi connectivity index (χ3n) is 4.90. The molecule has 134 valence electrons. The first-order valence-electron chi connectivity index (χ1n) is 8.54. The summed E-state index contributed by atoms with van der Waals surface area (Å²) in [6.45, 7) is 2.06. The average Bonchev–Trinajstić information content (AvgIpc) is 2.95. The van der Waals surface area contributed by atoms with Crippen LogP contribution in [0, 0.1) is 0 Å². The highest BCUT2D eigenvalue weighted by atomic mass is 35.5. The second kappa shape index (κ2) is 6.95. The summed E-state index contributed by atoms with van der Waals surface area (Å²) >= 11 is 12.2. The van der Waals surface area contributed by atoms with E-state index < -0.39 is 0 Å². The monoisotopic (exact) mass is 387 g/mol. The first-order valence-corrected chi connectivity index (χ1v) is 9.30. The number of benzene rings is 2. The van der Waals surface area contributed by atoms with E-state index >= 15 is 0 Å². The Kier molecular flexibility index (Phi) is 4.65. The summed E-state index contributed by atoms with van der Waals surface area (Å²) < 4.78 is 2.07. The van der Waals surface area contributed by atoms with Crippen LogP contribution in [-0.4, -0.2) is 28.5 Å². The molecule has 3 aromatic rings. The normalized spacial score (nSPS) is 18.3. The van der Waals surface area contributed by atoms with Gasteiger partial charge in [0.15, 0.2) is 0 Å². The van der Waals surface area contributed by atoms with Crippen LogP contribution in [0.15, 0.2) is 48.7 Å². The maximum atomic E-state index is 12.8. The second-order valence-electron chi connectivity index (χ2n) is 6.62. The Morgan fingerprint density at radius 1 is 1.15 bits per heavy atom. The van der Waals surface area contributed by atoms with Gasteiger partial charge in [-0.3, -0.25) is 9.69 Å². The fourth-order valence-corrected chi connectivity index (χ4v) is 4.01. The number of carbonyl (C=O) groups is 1. The van der Waals surface area contributed by atoms with Crippen molar-refractivity contribution in [3.05, 3.63) is 69.8 Å². The number of fused-ring (bicyclic) bond motifs is 1. The van der Waals surface area contributed by atoms with Crippen molar-refractivity contribution in [2.45, 2.75) is 12.6 Å². The average molecular weight is 388 g/mol. The van der Waals surface area contributed by atoms with Gasteiger partial charge >= 0.3 is 0 Å². The minimum absolute atomic E-state index is 0.0349. The van der Waals surface area contributed by atoms with E-state index in [0.717, 1.165) is 28.6 Å². The molecule has 1 saturated heterocycles. The van der Waals surface area contributed by atoms with E-state index in [2.05, 4.69) is 33.1 Å². The second-order valence-corrected chi connectivity index (χ2v) is 7.44. The predicted molar refractivity (Wildman–Crippen MR) is 106 cm³/mol. The van der Waals surface area contributed by atoms with E-state index in [4.69, 9.17) is 23.2 Å². The van der Waals surface area contributed by atoms with Crippen LogP contribution in [-0.2, 0) is 18.4 Å². The minimum atomic E-state index is -0.329. The molecule has 2 aromatic carbocycles. The van der Waals surface area contributed by atoms with Gasteiger partial charge in [0.2, 0.25) is 5.91 Å². The third kappa shape index (κ3) is 3.09. The molecule has 0 bridgehead atoms. The van der Waals surface area contributed by atoms with Crippen molar-refractivity contribution in [2.24, 2.45) is 7.05 Å². The molecule has 0 saturated carbocycles.